The number of carbonyl (C=O) groups excluding carboxylic acids is 1. The summed E-state index contributed by atoms with van der Waals surface area (Å²) in [6, 6.07) is 15.2. The Hall–Kier alpha value is -3.34. The molecule has 0 aliphatic carbocycles. The third-order valence-corrected chi connectivity index (χ3v) is 6.50. The van der Waals surface area contributed by atoms with Crippen LogP contribution in [0.2, 0.25) is 0 Å². The smallest absolute Gasteiger partial charge is 0.275 e. The van der Waals surface area contributed by atoms with E-state index in [0.29, 0.717) is 5.92 Å². The van der Waals surface area contributed by atoms with E-state index in [9.17, 15) is 9.90 Å². The van der Waals surface area contributed by atoms with E-state index in [-0.39, 0.29) is 16.9 Å². The van der Waals surface area contributed by atoms with Crippen LogP contribution in [0.25, 0.3) is 10.8 Å². The number of aryl methyl sites for hydroxylation is 1. The lowest BCUT2D eigenvalue weighted by Gasteiger charge is -2.45. The van der Waals surface area contributed by atoms with Crippen LogP contribution in [0.15, 0.2) is 53.6 Å². The van der Waals surface area contributed by atoms with Gasteiger partial charge in [0.05, 0.1) is 11.8 Å². The number of nitrogens with one attached hydrogen (secondary N) is 1. The molecule has 0 saturated carbocycles. The maximum Gasteiger partial charge on any atom is 0.275 e. The average Bonchev–Trinajstić information content (AvgIpc) is 2.72. The fourth-order valence-corrected chi connectivity index (χ4v) is 4.50. The van der Waals surface area contributed by atoms with E-state index in [2.05, 4.69) is 62.3 Å². The second kappa shape index (κ2) is 7.73. The molecule has 1 aliphatic rings. The van der Waals surface area contributed by atoms with E-state index >= 15 is 0 Å². The van der Waals surface area contributed by atoms with Gasteiger partial charge >= 0.3 is 0 Å². The van der Waals surface area contributed by atoms with Crippen LogP contribution in [0.3, 0.4) is 0 Å². The topological polar surface area (TPSA) is 64.9 Å². The summed E-state index contributed by atoms with van der Waals surface area (Å²) in [7, 11) is 2.15. The van der Waals surface area contributed by atoms with Gasteiger partial charge in [-0.15, -0.1) is 0 Å². The summed E-state index contributed by atoms with van der Waals surface area (Å²) in [5, 5.41) is 16.2. The van der Waals surface area contributed by atoms with Crippen LogP contribution in [0.1, 0.15) is 60.2 Å². The summed E-state index contributed by atoms with van der Waals surface area (Å²) in [6.07, 6.45) is 2.76. The van der Waals surface area contributed by atoms with E-state index in [1.807, 2.05) is 24.3 Å². The molecule has 31 heavy (non-hydrogen) atoms. The molecule has 3 aromatic carbocycles. The molecule has 1 atom stereocenters. The fraction of sp³-hybridized carbons (Fsp3) is 0.308. The number of carbonyl (C=O) groups is 1. The van der Waals surface area contributed by atoms with Crippen molar-refractivity contribution < 1.29 is 9.90 Å². The number of nitrogens with zero attached hydrogens (tertiary/aromatic N) is 2. The van der Waals surface area contributed by atoms with Crippen molar-refractivity contribution in [1.82, 2.24) is 5.43 Å². The van der Waals surface area contributed by atoms with Crippen molar-refractivity contribution in [1.29, 1.82) is 0 Å². The molecule has 5 nitrogen and oxygen atoms in total. The van der Waals surface area contributed by atoms with Crippen LogP contribution < -0.4 is 10.3 Å². The molecule has 4 rings (SSSR count). The van der Waals surface area contributed by atoms with Gasteiger partial charge in [0.1, 0.15) is 5.75 Å². The summed E-state index contributed by atoms with van der Waals surface area (Å²) in [4.78, 5) is 14.9. The van der Waals surface area contributed by atoms with E-state index in [4.69, 9.17) is 0 Å². The highest BCUT2D eigenvalue weighted by Gasteiger charge is 2.34. The van der Waals surface area contributed by atoms with E-state index in [0.717, 1.165) is 28.3 Å². The van der Waals surface area contributed by atoms with Crippen LogP contribution in [-0.2, 0) is 0 Å². The molecule has 0 radical (unpaired) electrons. The first-order valence-corrected chi connectivity index (χ1v) is 10.6. The number of phenols is 1. The molecule has 0 fully saturated rings. The number of phenolic OH excluding ortho intramolecular Hbond substituents is 1. The minimum Gasteiger partial charge on any atom is -0.507 e. The van der Waals surface area contributed by atoms with Crippen molar-refractivity contribution in [2.24, 2.45) is 5.10 Å². The van der Waals surface area contributed by atoms with Crippen molar-refractivity contribution in [3.8, 4) is 5.75 Å². The minimum absolute atomic E-state index is 0.0594. The first kappa shape index (κ1) is 20.9. The summed E-state index contributed by atoms with van der Waals surface area (Å²) >= 11 is 0. The van der Waals surface area contributed by atoms with Gasteiger partial charge in [0.25, 0.3) is 5.91 Å². The monoisotopic (exact) mass is 415 g/mol. The number of rotatable bonds is 3. The Morgan fingerprint density at radius 1 is 1.19 bits per heavy atom. The molecule has 0 aromatic heterocycles. The van der Waals surface area contributed by atoms with Crippen molar-refractivity contribution in [2.45, 2.75) is 45.6 Å². The van der Waals surface area contributed by atoms with Gasteiger partial charge in [-0.3, -0.25) is 4.79 Å². The molecule has 3 aromatic rings. The summed E-state index contributed by atoms with van der Waals surface area (Å²) in [5.74, 6) is -0.0566. The molecule has 1 unspecified atom stereocenters. The molecule has 1 aliphatic heterocycles. The van der Waals surface area contributed by atoms with Crippen LogP contribution in [0.4, 0.5) is 5.69 Å². The maximum atomic E-state index is 12.6. The molecule has 1 heterocycles. The van der Waals surface area contributed by atoms with Gasteiger partial charge in [-0.2, -0.15) is 5.10 Å². The van der Waals surface area contributed by atoms with E-state index in [1.54, 1.807) is 18.3 Å². The van der Waals surface area contributed by atoms with Crippen molar-refractivity contribution >= 4 is 28.6 Å². The average molecular weight is 416 g/mol. The van der Waals surface area contributed by atoms with Crippen molar-refractivity contribution in [2.75, 3.05) is 11.9 Å². The zero-order valence-electron chi connectivity index (χ0n) is 18.7. The van der Waals surface area contributed by atoms with Gasteiger partial charge in [0.2, 0.25) is 0 Å². The third kappa shape index (κ3) is 3.88. The molecule has 0 spiro atoms. The zero-order chi connectivity index (χ0) is 22.3. The number of hydrogen-bond acceptors (Lipinski definition) is 4. The highest BCUT2D eigenvalue weighted by molar-refractivity contribution is 6.01. The lowest BCUT2D eigenvalue weighted by molar-refractivity contribution is 0.0952. The number of hydrazone groups is 1. The van der Waals surface area contributed by atoms with Crippen molar-refractivity contribution in [3.63, 3.8) is 0 Å². The Kier molecular flexibility index (Phi) is 5.21. The molecule has 1 amide bonds. The Morgan fingerprint density at radius 3 is 2.58 bits per heavy atom. The van der Waals surface area contributed by atoms with Gasteiger partial charge < -0.3 is 10.0 Å². The standard InChI is InChI=1S/C26H29N3O2/c1-16-10-23-21(17(2)14-26(3,4)29(23)5)12-20(16)15-27-28-25(31)22-11-18-8-6-7-9-19(18)13-24(22)30/h6-13,15,17,30H,14H2,1-5H3,(H,28,31)/b27-15+. The fourth-order valence-electron chi connectivity index (χ4n) is 4.50. The molecular weight excluding hydrogens is 386 g/mol. The van der Waals surface area contributed by atoms with Crippen molar-refractivity contribution in [3.05, 3.63) is 70.8 Å². The SMILES string of the molecule is Cc1cc2c(cc1/C=N/NC(=O)c1cc3ccccc3cc1O)C(C)CC(C)(C)N2C. The quantitative estimate of drug-likeness (QED) is 0.448. The Morgan fingerprint density at radius 2 is 1.87 bits per heavy atom. The number of hydrogen-bond donors (Lipinski definition) is 2. The normalized spacial score (nSPS) is 17.7. The Bertz CT molecular complexity index is 1200. The first-order chi connectivity index (χ1) is 14.7. The predicted molar refractivity (Wildman–Crippen MR) is 127 cm³/mol. The van der Waals surface area contributed by atoms with Gasteiger partial charge in [-0.25, -0.2) is 5.43 Å². The summed E-state index contributed by atoms with van der Waals surface area (Å²) in [6.45, 7) is 8.86. The number of anilines is 1. The predicted octanol–water partition coefficient (Wildman–Crippen LogP) is 5.34. The number of aromatic hydroxyl groups is 1. The molecular formula is C26H29N3O2. The largest absolute Gasteiger partial charge is 0.507 e. The number of benzene rings is 3. The highest BCUT2D eigenvalue weighted by Crippen LogP contribution is 2.43. The van der Waals surface area contributed by atoms with Crippen LogP contribution >= 0.6 is 0 Å². The maximum absolute atomic E-state index is 12.6. The highest BCUT2D eigenvalue weighted by atomic mass is 16.3. The third-order valence-electron chi connectivity index (χ3n) is 6.50. The second-order valence-electron chi connectivity index (χ2n) is 9.16. The second-order valence-corrected chi connectivity index (χ2v) is 9.16. The Labute approximate surface area is 183 Å². The van der Waals surface area contributed by atoms with Gasteiger partial charge in [-0.05, 0) is 84.8 Å². The summed E-state index contributed by atoms with van der Waals surface area (Å²) < 4.78 is 0. The minimum atomic E-state index is -0.440. The van der Waals surface area contributed by atoms with Gasteiger partial charge in [-0.1, -0.05) is 31.2 Å². The zero-order valence-corrected chi connectivity index (χ0v) is 18.7. The molecule has 0 saturated heterocycles. The molecule has 2 N–H and O–H groups in total. The van der Waals surface area contributed by atoms with Gasteiger partial charge in [0, 0.05) is 18.3 Å². The van der Waals surface area contributed by atoms with Crippen LogP contribution in [-0.4, -0.2) is 29.8 Å². The molecule has 5 heteroatoms. The number of amides is 1. The molecule has 160 valence electrons. The summed E-state index contributed by atoms with van der Waals surface area (Å²) in [5.41, 5.74) is 7.50. The van der Waals surface area contributed by atoms with E-state index < -0.39 is 5.91 Å². The Balaban J connectivity index is 1.57. The van der Waals surface area contributed by atoms with Crippen LogP contribution in [0, 0.1) is 6.92 Å². The number of fused-ring (bicyclic) bond motifs is 2. The molecule has 0 bridgehead atoms. The van der Waals surface area contributed by atoms with Gasteiger partial charge in [0.15, 0.2) is 0 Å². The van der Waals surface area contributed by atoms with Crippen LogP contribution in [0.5, 0.6) is 5.75 Å². The first-order valence-electron chi connectivity index (χ1n) is 10.6. The lowest BCUT2D eigenvalue weighted by atomic mass is 9.79. The lowest BCUT2D eigenvalue weighted by Crippen LogP contribution is -2.45. The van der Waals surface area contributed by atoms with E-state index in [1.165, 1.54) is 11.3 Å².